The molecule has 8 heteroatoms. The molecule has 0 aliphatic carbocycles. The van der Waals surface area contributed by atoms with E-state index in [1.165, 1.54) is 11.3 Å². The SMILES string of the molecule is COc1ccc(-c2csc(NC(=O)CCCN)n2)cc1OC.Cl. The number of anilines is 1. The Hall–Kier alpha value is -1.83. The second kappa shape index (κ2) is 9.34. The number of nitrogens with zero attached hydrogens (tertiary/aromatic N) is 1. The summed E-state index contributed by atoms with van der Waals surface area (Å²) in [6.45, 7) is 0.502. The summed E-state index contributed by atoms with van der Waals surface area (Å²) in [6.07, 6.45) is 1.07. The van der Waals surface area contributed by atoms with E-state index in [1.54, 1.807) is 14.2 Å². The standard InChI is InChI=1S/C15H19N3O3S.ClH/c1-20-12-6-5-10(8-13(12)21-2)11-9-22-15(17-11)18-14(19)4-3-7-16;/h5-6,8-9H,3-4,7,16H2,1-2H3,(H,17,18,19);1H. The van der Waals surface area contributed by atoms with Crippen molar-refractivity contribution >= 4 is 34.8 Å². The summed E-state index contributed by atoms with van der Waals surface area (Å²) >= 11 is 1.38. The number of aromatic nitrogens is 1. The maximum atomic E-state index is 11.7. The summed E-state index contributed by atoms with van der Waals surface area (Å²) in [7, 11) is 3.18. The topological polar surface area (TPSA) is 86.5 Å². The van der Waals surface area contributed by atoms with Crippen molar-refractivity contribution in [3.63, 3.8) is 0 Å². The van der Waals surface area contributed by atoms with Gasteiger partial charge in [-0.25, -0.2) is 4.98 Å². The van der Waals surface area contributed by atoms with E-state index in [0.717, 1.165) is 11.3 Å². The summed E-state index contributed by atoms with van der Waals surface area (Å²) in [5.41, 5.74) is 7.06. The highest BCUT2D eigenvalue weighted by molar-refractivity contribution is 7.14. The Bertz CT molecular complexity index is 649. The number of hydrogen-bond acceptors (Lipinski definition) is 6. The summed E-state index contributed by atoms with van der Waals surface area (Å²) in [5, 5.41) is 5.24. The molecule has 23 heavy (non-hydrogen) atoms. The molecule has 0 aliphatic heterocycles. The van der Waals surface area contributed by atoms with E-state index in [4.69, 9.17) is 15.2 Å². The Balaban J connectivity index is 0.00000264. The molecule has 0 fully saturated rings. The predicted octanol–water partition coefficient (Wildman–Crippen LogP) is 2.93. The monoisotopic (exact) mass is 357 g/mol. The minimum absolute atomic E-state index is 0. The zero-order valence-electron chi connectivity index (χ0n) is 13.0. The summed E-state index contributed by atoms with van der Waals surface area (Å²) in [4.78, 5) is 16.1. The molecule has 2 rings (SSSR count). The van der Waals surface area contributed by atoms with Gasteiger partial charge in [-0.1, -0.05) is 0 Å². The van der Waals surface area contributed by atoms with E-state index in [2.05, 4.69) is 10.3 Å². The number of ether oxygens (including phenoxy) is 2. The van der Waals surface area contributed by atoms with Gasteiger partial charge in [-0.2, -0.15) is 0 Å². The van der Waals surface area contributed by atoms with E-state index in [9.17, 15) is 4.79 Å². The molecule has 0 unspecified atom stereocenters. The molecule has 3 N–H and O–H groups in total. The van der Waals surface area contributed by atoms with Crippen molar-refractivity contribution in [3.8, 4) is 22.8 Å². The first-order chi connectivity index (χ1) is 10.7. The van der Waals surface area contributed by atoms with Crippen molar-refractivity contribution in [1.29, 1.82) is 0 Å². The number of thiazole rings is 1. The van der Waals surface area contributed by atoms with Crippen molar-refractivity contribution < 1.29 is 14.3 Å². The van der Waals surface area contributed by atoms with Crippen molar-refractivity contribution in [3.05, 3.63) is 23.6 Å². The van der Waals surface area contributed by atoms with Crippen molar-refractivity contribution in [1.82, 2.24) is 4.98 Å². The number of carbonyl (C=O) groups is 1. The first-order valence-corrected chi connectivity index (χ1v) is 7.73. The number of nitrogens with one attached hydrogen (secondary N) is 1. The van der Waals surface area contributed by atoms with Crippen LogP contribution in [0.1, 0.15) is 12.8 Å². The Labute approximate surface area is 145 Å². The van der Waals surface area contributed by atoms with Gasteiger partial charge in [-0.3, -0.25) is 4.79 Å². The molecule has 1 heterocycles. The van der Waals surface area contributed by atoms with E-state index in [1.807, 2.05) is 23.6 Å². The molecule has 1 aromatic carbocycles. The summed E-state index contributed by atoms with van der Waals surface area (Å²) in [5.74, 6) is 1.23. The van der Waals surface area contributed by atoms with E-state index < -0.39 is 0 Å². The van der Waals surface area contributed by atoms with Crippen LogP contribution >= 0.6 is 23.7 Å². The third kappa shape index (κ3) is 5.09. The van der Waals surface area contributed by atoms with Crippen molar-refractivity contribution in [2.75, 3.05) is 26.1 Å². The Morgan fingerprint density at radius 3 is 2.70 bits per heavy atom. The third-order valence-corrected chi connectivity index (χ3v) is 3.80. The fraction of sp³-hybridized carbons (Fsp3) is 0.333. The lowest BCUT2D eigenvalue weighted by Crippen LogP contribution is -2.13. The molecule has 0 radical (unpaired) electrons. The minimum atomic E-state index is -0.0707. The molecule has 0 atom stereocenters. The van der Waals surface area contributed by atoms with Gasteiger partial charge in [0.15, 0.2) is 16.6 Å². The Morgan fingerprint density at radius 2 is 2.04 bits per heavy atom. The number of amides is 1. The summed E-state index contributed by atoms with van der Waals surface area (Å²) in [6, 6.07) is 5.58. The minimum Gasteiger partial charge on any atom is -0.493 e. The van der Waals surface area contributed by atoms with Crippen molar-refractivity contribution in [2.24, 2.45) is 5.73 Å². The quantitative estimate of drug-likeness (QED) is 0.795. The highest BCUT2D eigenvalue weighted by atomic mass is 35.5. The van der Waals surface area contributed by atoms with Gasteiger partial charge in [0.2, 0.25) is 5.91 Å². The van der Waals surface area contributed by atoms with E-state index in [-0.39, 0.29) is 18.3 Å². The molecule has 1 aromatic heterocycles. The van der Waals surface area contributed by atoms with Crippen LogP contribution in [0.2, 0.25) is 0 Å². The van der Waals surface area contributed by atoms with Gasteiger partial charge in [0, 0.05) is 17.4 Å². The number of benzene rings is 1. The Morgan fingerprint density at radius 1 is 1.30 bits per heavy atom. The molecule has 0 spiro atoms. The van der Waals surface area contributed by atoms with Crippen LogP contribution in [-0.2, 0) is 4.79 Å². The molecule has 126 valence electrons. The van der Waals surface area contributed by atoms with Crippen LogP contribution in [0.5, 0.6) is 11.5 Å². The highest BCUT2D eigenvalue weighted by Crippen LogP contribution is 2.33. The normalized spacial score (nSPS) is 9.87. The van der Waals surface area contributed by atoms with E-state index >= 15 is 0 Å². The van der Waals surface area contributed by atoms with Gasteiger partial charge < -0.3 is 20.5 Å². The second-order valence-corrected chi connectivity index (χ2v) is 5.41. The van der Waals surface area contributed by atoms with Crippen LogP contribution in [0.25, 0.3) is 11.3 Å². The number of halogens is 1. The molecule has 0 aliphatic rings. The lowest BCUT2D eigenvalue weighted by Gasteiger charge is -2.08. The summed E-state index contributed by atoms with van der Waals surface area (Å²) < 4.78 is 10.5. The number of rotatable bonds is 7. The van der Waals surface area contributed by atoms with Crippen LogP contribution in [0, 0.1) is 0 Å². The first kappa shape index (κ1) is 19.2. The van der Waals surface area contributed by atoms with Crippen LogP contribution in [0.15, 0.2) is 23.6 Å². The molecule has 6 nitrogen and oxygen atoms in total. The van der Waals surface area contributed by atoms with Gasteiger partial charge in [0.05, 0.1) is 19.9 Å². The maximum Gasteiger partial charge on any atom is 0.226 e. The zero-order valence-corrected chi connectivity index (χ0v) is 14.6. The fourth-order valence-corrected chi connectivity index (χ4v) is 2.64. The molecule has 1 amide bonds. The molecular weight excluding hydrogens is 338 g/mol. The van der Waals surface area contributed by atoms with Crippen LogP contribution in [-0.4, -0.2) is 31.7 Å². The molecule has 0 bridgehead atoms. The number of carbonyl (C=O) groups excluding carboxylic acids is 1. The lowest BCUT2D eigenvalue weighted by atomic mass is 10.1. The third-order valence-electron chi connectivity index (χ3n) is 3.04. The fourth-order valence-electron chi connectivity index (χ4n) is 1.90. The van der Waals surface area contributed by atoms with Gasteiger partial charge in [-0.05, 0) is 31.2 Å². The highest BCUT2D eigenvalue weighted by Gasteiger charge is 2.10. The van der Waals surface area contributed by atoms with Gasteiger partial charge in [0.25, 0.3) is 0 Å². The smallest absolute Gasteiger partial charge is 0.226 e. The number of hydrogen-bond donors (Lipinski definition) is 2. The molecular formula is C15H20ClN3O3S. The maximum absolute atomic E-state index is 11.7. The largest absolute Gasteiger partial charge is 0.493 e. The van der Waals surface area contributed by atoms with Crippen LogP contribution < -0.4 is 20.5 Å². The molecule has 2 aromatic rings. The van der Waals surface area contributed by atoms with Crippen LogP contribution in [0.4, 0.5) is 5.13 Å². The molecule has 0 saturated carbocycles. The van der Waals surface area contributed by atoms with Gasteiger partial charge >= 0.3 is 0 Å². The Kier molecular flexibility index (Phi) is 7.80. The van der Waals surface area contributed by atoms with E-state index in [0.29, 0.717) is 36.0 Å². The lowest BCUT2D eigenvalue weighted by molar-refractivity contribution is -0.116. The predicted molar refractivity (Wildman–Crippen MR) is 94.8 cm³/mol. The van der Waals surface area contributed by atoms with Gasteiger partial charge in [0.1, 0.15) is 0 Å². The van der Waals surface area contributed by atoms with Gasteiger partial charge in [-0.15, -0.1) is 23.7 Å². The first-order valence-electron chi connectivity index (χ1n) is 6.85. The van der Waals surface area contributed by atoms with Crippen LogP contribution in [0.3, 0.4) is 0 Å². The van der Waals surface area contributed by atoms with Crippen molar-refractivity contribution in [2.45, 2.75) is 12.8 Å². The average Bonchev–Trinajstić information content (AvgIpc) is 3.00. The second-order valence-electron chi connectivity index (χ2n) is 4.55. The number of methoxy groups -OCH3 is 2. The molecule has 0 saturated heterocycles. The zero-order chi connectivity index (χ0) is 15.9. The average molecular weight is 358 g/mol. The number of nitrogens with two attached hydrogens (primary N) is 1.